The molecule has 104 valence electrons. The Morgan fingerprint density at radius 2 is 2.05 bits per heavy atom. The minimum atomic E-state index is -0.879. The standard InChI is InChI=1S/C13H19N3O3/c1-13(2,8-11(17)18)15-9-5-6-14-10(7-9)12(19)16(3)4/h5-7H,8H2,1-4H3,(H,14,15)(H,17,18). The highest BCUT2D eigenvalue weighted by molar-refractivity contribution is 5.92. The second kappa shape index (κ2) is 5.69. The zero-order chi connectivity index (χ0) is 14.6. The van der Waals surface area contributed by atoms with Crippen molar-refractivity contribution in [2.75, 3.05) is 19.4 Å². The summed E-state index contributed by atoms with van der Waals surface area (Å²) in [5, 5.41) is 11.9. The Morgan fingerprint density at radius 1 is 1.42 bits per heavy atom. The van der Waals surface area contributed by atoms with Crippen molar-refractivity contribution in [2.45, 2.75) is 25.8 Å². The van der Waals surface area contributed by atoms with Gasteiger partial charge in [-0.1, -0.05) is 0 Å². The molecule has 0 aliphatic carbocycles. The first-order valence-electron chi connectivity index (χ1n) is 5.89. The third-order valence-corrected chi connectivity index (χ3v) is 2.46. The van der Waals surface area contributed by atoms with E-state index in [1.165, 1.54) is 11.1 Å². The molecule has 0 unspecified atom stereocenters. The maximum absolute atomic E-state index is 11.8. The van der Waals surface area contributed by atoms with Crippen LogP contribution in [0.15, 0.2) is 18.3 Å². The van der Waals surface area contributed by atoms with E-state index in [0.29, 0.717) is 11.4 Å². The fourth-order valence-corrected chi connectivity index (χ4v) is 1.67. The Balaban J connectivity index is 2.88. The van der Waals surface area contributed by atoms with Crippen LogP contribution >= 0.6 is 0 Å². The molecule has 1 heterocycles. The fourth-order valence-electron chi connectivity index (χ4n) is 1.67. The van der Waals surface area contributed by atoms with Crippen LogP contribution in [0.25, 0.3) is 0 Å². The Labute approximate surface area is 112 Å². The third kappa shape index (κ3) is 4.57. The van der Waals surface area contributed by atoms with Crippen molar-refractivity contribution in [3.05, 3.63) is 24.0 Å². The van der Waals surface area contributed by atoms with Gasteiger partial charge in [0.05, 0.1) is 6.42 Å². The average Bonchev–Trinajstić information content (AvgIpc) is 2.25. The number of pyridine rings is 1. The molecule has 0 saturated carbocycles. The van der Waals surface area contributed by atoms with Crippen molar-refractivity contribution in [3.8, 4) is 0 Å². The molecule has 0 fully saturated rings. The molecule has 2 N–H and O–H groups in total. The van der Waals surface area contributed by atoms with E-state index in [1.54, 1.807) is 40.1 Å². The van der Waals surface area contributed by atoms with Crippen molar-refractivity contribution in [3.63, 3.8) is 0 Å². The van der Waals surface area contributed by atoms with E-state index in [9.17, 15) is 9.59 Å². The molecule has 6 heteroatoms. The fraction of sp³-hybridized carbons (Fsp3) is 0.462. The number of carboxylic acids is 1. The number of hydrogen-bond donors (Lipinski definition) is 2. The lowest BCUT2D eigenvalue weighted by atomic mass is 10.0. The van der Waals surface area contributed by atoms with E-state index in [1.807, 2.05) is 0 Å². The van der Waals surface area contributed by atoms with Crippen LogP contribution in [0, 0.1) is 0 Å². The van der Waals surface area contributed by atoms with Gasteiger partial charge in [-0.2, -0.15) is 0 Å². The van der Waals surface area contributed by atoms with Crippen LogP contribution < -0.4 is 5.32 Å². The number of anilines is 1. The molecule has 0 atom stereocenters. The minimum absolute atomic E-state index is 0.0215. The Kier molecular flexibility index (Phi) is 4.47. The number of hydrogen-bond acceptors (Lipinski definition) is 4. The number of aromatic nitrogens is 1. The maximum Gasteiger partial charge on any atom is 0.305 e. The van der Waals surface area contributed by atoms with Gasteiger partial charge in [-0.3, -0.25) is 14.6 Å². The molecular weight excluding hydrogens is 246 g/mol. The quantitative estimate of drug-likeness (QED) is 0.842. The van der Waals surface area contributed by atoms with Crippen LogP contribution in [-0.4, -0.2) is 46.5 Å². The third-order valence-electron chi connectivity index (χ3n) is 2.46. The summed E-state index contributed by atoms with van der Waals surface area (Å²) in [5.41, 5.74) is 0.388. The minimum Gasteiger partial charge on any atom is -0.481 e. The van der Waals surface area contributed by atoms with Gasteiger partial charge in [0, 0.05) is 31.5 Å². The van der Waals surface area contributed by atoms with E-state index in [0.717, 1.165) is 0 Å². The molecule has 0 aromatic carbocycles. The van der Waals surface area contributed by atoms with Crippen molar-refractivity contribution in [1.29, 1.82) is 0 Å². The number of nitrogens with one attached hydrogen (secondary N) is 1. The van der Waals surface area contributed by atoms with E-state index in [2.05, 4.69) is 10.3 Å². The van der Waals surface area contributed by atoms with Crippen LogP contribution in [0.4, 0.5) is 5.69 Å². The summed E-state index contributed by atoms with van der Waals surface area (Å²) in [6.45, 7) is 3.57. The first kappa shape index (κ1) is 14.9. The average molecular weight is 265 g/mol. The van der Waals surface area contributed by atoms with Gasteiger partial charge >= 0.3 is 5.97 Å². The molecule has 0 aliphatic rings. The SMILES string of the molecule is CN(C)C(=O)c1cc(NC(C)(C)CC(=O)O)ccn1. The van der Waals surface area contributed by atoms with Gasteiger partial charge in [-0.25, -0.2) is 0 Å². The zero-order valence-corrected chi connectivity index (χ0v) is 11.6. The van der Waals surface area contributed by atoms with Gasteiger partial charge in [0.2, 0.25) is 0 Å². The lowest BCUT2D eigenvalue weighted by Gasteiger charge is -2.25. The Hall–Kier alpha value is -2.11. The first-order chi connectivity index (χ1) is 8.71. The molecule has 1 aromatic heterocycles. The molecule has 6 nitrogen and oxygen atoms in total. The van der Waals surface area contributed by atoms with E-state index >= 15 is 0 Å². The summed E-state index contributed by atoms with van der Waals surface area (Å²) < 4.78 is 0. The summed E-state index contributed by atoms with van der Waals surface area (Å²) in [6.07, 6.45) is 1.50. The molecule has 0 spiro atoms. The maximum atomic E-state index is 11.8. The molecule has 0 bridgehead atoms. The van der Waals surface area contributed by atoms with Gasteiger partial charge in [0.1, 0.15) is 5.69 Å². The Morgan fingerprint density at radius 3 is 2.58 bits per heavy atom. The number of rotatable bonds is 5. The summed E-state index contributed by atoms with van der Waals surface area (Å²) in [4.78, 5) is 28.0. The zero-order valence-electron chi connectivity index (χ0n) is 11.6. The van der Waals surface area contributed by atoms with E-state index < -0.39 is 11.5 Å². The number of carbonyl (C=O) groups excluding carboxylic acids is 1. The number of nitrogens with zero attached hydrogens (tertiary/aromatic N) is 2. The second-order valence-corrected chi connectivity index (χ2v) is 5.21. The number of carboxylic acid groups (broad SMARTS) is 1. The molecule has 1 rings (SSSR count). The van der Waals surface area contributed by atoms with Crippen molar-refractivity contribution >= 4 is 17.6 Å². The van der Waals surface area contributed by atoms with Gasteiger partial charge in [0.15, 0.2) is 0 Å². The number of amides is 1. The molecule has 0 saturated heterocycles. The molecule has 0 aliphatic heterocycles. The number of carbonyl (C=O) groups is 2. The molecule has 19 heavy (non-hydrogen) atoms. The largest absolute Gasteiger partial charge is 0.481 e. The second-order valence-electron chi connectivity index (χ2n) is 5.21. The monoisotopic (exact) mass is 265 g/mol. The lowest BCUT2D eigenvalue weighted by Crippen LogP contribution is -2.33. The molecule has 1 amide bonds. The predicted molar refractivity (Wildman–Crippen MR) is 72.2 cm³/mol. The Bertz CT molecular complexity index is 484. The van der Waals surface area contributed by atoms with E-state index in [-0.39, 0.29) is 12.3 Å². The topological polar surface area (TPSA) is 82.5 Å². The lowest BCUT2D eigenvalue weighted by molar-refractivity contribution is -0.137. The van der Waals surface area contributed by atoms with Crippen LogP contribution in [0.2, 0.25) is 0 Å². The highest BCUT2D eigenvalue weighted by Gasteiger charge is 2.22. The van der Waals surface area contributed by atoms with Crippen molar-refractivity contribution in [1.82, 2.24) is 9.88 Å². The molecule has 1 aromatic rings. The van der Waals surface area contributed by atoms with Crippen molar-refractivity contribution in [2.24, 2.45) is 0 Å². The van der Waals surface area contributed by atoms with E-state index in [4.69, 9.17) is 5.11 Å². The van der Waals surface area contributed by atoms with Crippen molar-refractivity contribution < 1.29 is 14.7 Å². The smallest absolute Gasteiger partial charge is 0.305 e. The van der Waals surface area contributed by atoms with Gasteiger partial charge in [-0.05, 0) is 26.0 Å². The van der Waals surface area contributed by atoms with Gasteiger partial charge < -0.3 is 15.3 Å². The van der Waals surface area contributed by atoms with Crippen LogP contribution in [0.5, 0.6) is 0 Å². The molecular formula is C13H19N3O3. The predicted octanol–water partition coefficient (Wildman–Crippen LogP) is 1.45. The molecule has 0 radical (unpaired) electrons. The van der Waals surface area contributed by atoms with Crippen LogP contribution in [0.3, 0.4) is 0 Å². The first-order valence-corrected chi connectivity index (χ1v) is 5.89. The number of aliphatic carboxylic acids is 1. The summed E-state index contributed by atoms with van der Waals surface area (Å²) in [5.74, 6) is -1.07. The normalized spacial score (nSPS) is 10.9. The van der Waals surface area contributed by atoms with Crippen LogP contribution in [0.1, 0.15) is 30.8 Å². The summed E-state index contributed by atoms with van der Waals surface area (Å²) in [7, 11) is 3.30. The van der Waals surface area contributed by atoms with Gasteiger partial charge in [-0.15, -0.1) is 0 Å². The highest BCUT2D eigenvalue weighted by atomic mass is 16.4. The highest BCUT2D eigenvalue weighted by Crippen LogP contribution is 2.18. The summed E-state index contributed by atoms with van der Waals surface area (Å²) in [6, 6.07) is 3.32. The van der Waals surface area contributed by atoms with Gasteiger partial charge in [0.25, 0.3) is 5.91 Å². The van der Waals surface area contributed by atoms with Crippen LogP contribution in [-0.2, 0) is 4.79 Å². The summed E-state index contributed by atoms with van der Waals surface area (Å²) >= 11 is 0.